The Hall–Kier alpha value is -1.71. The summed E-state index contributed by atoms with van der Waals surface area (Å²) in [6, 6.07) is 8.24. The summed E-state index contributed by atoms with van der Waals surface area (Å²) in [4.78, 5) is 0.139. The first kappa shape index (κ1) is 29.3. The lowest BCUT2D eigenvalue weighted by molar-refractivity contribution is -0.473. The molecule has 9 heteroatoms. The first-order valence-electron chi connectivity index (χ1n) is 11.4. The Morgan fingerprint density at radius 3 is 1.65 bits per heavy atom. The predicted octanol–water partition coefficient (Wildman–Crippen LogP) is 6.96. The van der Waals surface area contributed by atoms with Gasteiger partial charge in [0.1, 0.15) is 0 Å². The molecular weight excluding hydrogens is 420 g/mol. The van der Waals surface area contributed by atoms with E-state index in [2.05, 4.69) is 16.4 Å². The highest BCUT2D eigenvalue weighted by atomic mass is 32.3. The Labute approximate surface area is 187 Å². The number of rotatable bonds is 17. The summed E-state index contributed by atoms with van der Waals surface area (Å²) < 4.78 is 33.2. The van der Waals surface area contributed by atoms with Crippen molar-refractivity contribution in [1.29, 1.82) is 0 Å². The summed E-state index contributed by atoms with van der Waals surface area (Å²) in [5, 5.41) is 21.0. The molecule has 0 bridgehead atoms. The maximum Gasteiger partial charge on any atom is 0.397 e. The van der Waals surface area contributed by atoms with E-state index in [-0.39, 0.29) is 11.5 Å². The van der Waals surface area contributed by atoms with Gasteiger partial charge in [0.2, 0.25) is 11.0 Å². The van der Waals surface area contributed by atoms with E-state index < -0.39 is 10.4 Å². The number of hydrogen-bond acceptors (Lipinski definition) is 5. The Bertz CT molecular complexity index is 653. The van der Waals surface area contributed by atoms with Crippen molar-refractivity contribution in [3.05, 3.63) is 35.5 Å². The molecule has 0 heterocycles. The molecule has 0 unspecified atom stereocenters. The van der Waals surface area contributed by atoms with Crippen molar-refractivity contribution in [2.45, 2.75) is 96.8 Å². The van der Waals surface area contributed by atoms with E-state index in [1.807, 2.05) is 0 Å². The highest BCUT2D eigenvalue weighted by molar-refractivity contribution is 7.80. The van der Waals surface area contributed by atoms with Crippen LogP contribution in [0.1, 0.15) is 96.8 Å². The molecule has 1 aromatic carbocycles. The molecule has 0 aliphatic carbocycles. The van der Waals surface area contributed by atoms with Crippen LogP contribution in [0.4, 0.5) is 5.69 Å². The van der Waals surface area contributed by atoms with Crippen LogP contribution in [0.5, 0.6) is 0 Å². The molecule has 8 nitrogen and oxygen atoms in total. The number of para-hydroxylation sites is 1. The van der Waals surface area contributed by atoms with Crippen molar-refractivity contribution in [1.82, 2.24) is 0 Å². The van der Waals surface area contributed by atoms with Gasteiger partial charge in [0.05, 0.1) is 6.61 Å². The van der Waals surface area contributed by atoms with Crippen LogP contribution in [0.2, 0.25) is 0 Å². The van der Waals surface area contributed by atoms with Crippen LogP contribution >= 0.6 is 0 Å². The molecule has 0 atom stereocenters. The summed E-state index contributed by atoms with van der Waals surface area (Å²) in [7, 11) is -4.24. The van der Waals surface area contributed by atoms with Gasteiger partial charge in [-0.25, -0.2) is 4.18 Å². The highest BCUT2D eigenvalue weighted by Gasteiger charge is 2.02. The average Bonchev–Trinajstić information content (AvgIpc) is 2.76. The van der Waals surface area contributed by atoms with E-state index in [0.29, 0.717) is 12.1 Å². The number of hydrogen-bond donors (Lipinski definition) is 2. The average molecular weight is 461 g/mol. The van der Waals surface area contributed by atoms with Gasteiger partial charge in [-0.3, -0.25) is 4.55 Å². The fourth-order valence-electron chi connectivity index (χ4n) is 3.07. The zero-order valence-electron chi connectivity index (χ0n) is 18.8. The van der Waals surface area contributed by atoms with Gasteiger partial charge in [-0.15, -0.1) is 0 Å². The first-order valence-corrected chi connectivity index (χ1v) is 12.8. The molecule has 0 saturated carbocycles. The second kappa shape index (κ2) is 20.2. The zero-order valence-corrected chi connectivity index (χ0v) is 19.6. The van der Waals surface area contributed by atoms with E-state index in [1.54, 1.807) is 30.3 Å². The SMILES string of the molecule is CCCCCCCCCCCCCCCCOS(=O)(=O)O.[O-][N+](=NO)c1ccccc1. The predicted molar refractivity (Wildman–Crippen MR) is 122 cm³/mol. The summed E-state index contributed by atoms with van der Waals surface area (Å²) in [5.74, 6) is 0. The molecule has 0 spiro atoms. The molecule has 0 radical (unpaired) electrons. The molecule has 0 saturated heterocycles. The lowest BCUT2D eigenvalue weighted by atomic mass is 10.0. The number of benzene rings is 1. The van der Waals surface area contributed by atoms with Crippen molar-refractivity contribution in [2.24, 2.45) is 5.28 Å². The maximum absolute atomic E-state index is 10.5. The van der Waals surface area contributed by atoms with Gasteiger partial charge in [-0.2, -0.15) is 8.42 Å². The molecule has 2 N–H and O–H groups in total. The van der Waals surface area contributed by atoms with Gasteiger partial charge in [-0.1, -0.05) is 109 Å². The lowest BCUT2D eigenvalue weighted by Gasteiger charge is -2.03. The zero-order chi connectivity index (χ0) is 23.2. The van der Waals surface area contributed by atoms with Crippen LogP contribution in [0.3, 0.4) is 0 Å². The first-order chi connectivity index (χ1) is 14.9. The van der Waals surface area contributed by atoms with Crippen LogP contribution in [-0.2, 0) is 14.6 Å². The second-order valence-electron chi connectivity index (χ2n) is 7.54. The lowest BCUT2D eigenvalue weighted by Crippen LogP contribution is -2.04. The topological polar surface area (TPSA) is 122 Å². The number of unbranched alkanes of at least 4 members (excludes halogenated alkanes) is 13. The molecule has 0 aromatic heterocycles. The summed E-state index contributed by atoms with van der Waals surface area (Å²) in [5.41, 5.74) is 0.310. The van der Waals surface area contributed by atoms with E-state index in [0.717, 1.165) is 12.8 Å². The van der Waals surface area contributed by atoms with Crippen LogP contribution in [0.15, 0.2) is 35.6 Å². The summed E-state index contributed by atoms with van der Waals surface area (Å²) >= 11 is 0. The van der Waals surface area contributed by atoms with Crippen molar-refractivity contribution in [3.63, 3.8) is 0 Å². The van der Waals surface area contributed by atoms with Crippen LogP contribution in [-0.4, -0.2) is 29.6 Å². The molecule has 0 fully saturated rings. The fourth-order valence-corrected chi connectivity index (χ4v) is 3.40. The van der Waals surface area contributed by atoms with E-state index in [9.17, 15) is 13.6 Å². The standard InChI is InChI=1S/C16H34O4S.C6H6N2O2/c1-2-3-4-5-6-7-8-9-10-11-12-13-14-15-16-20-21(17,18)19;9-7-8(10)6-4-2-1-3-5-6/h2-16H2,1H3,(H,17,18,19);1-5,9H. The third-order valence-electron chi connectivity index (χ3n) is 4.79. The Kier molecular flexibility index (Phi) is 19.1. The minimum Gasteiger partial charge on any atom is -0.592 e. The third-order valence-corrected chi connectivity index (χ3v) is 5.25. The number of nitrogens with zero attached hydrogens (tertiary/aromatic N) is 2. The highest BCUT2D eigenvalue weighted by Crippen LogP contribution is 2.13. The largest absolute Gasteiger partial charge is 0.592 e. The van der Waals surface area contributed by atoms with Gasteiger partial charge >= 0.3 is 10.4 Å². The smallest absolute Gasteiger partial charge is 0.397 e. The van der Waals surface area contributed by atoms with Crippen LogP contribution in [0, 0.1) is 5.21 Å². The van der Waals surface area contributed by atoms with Gasteiger partial charge < -0.3 is 10.4 Å². The fraction of sp³-hybridized carbons (Fsp3) is 0.727. The Balaban J connectivity index is 0.000000743. The van der Waals surface area contributed by atoms with Gasteiger partial charge in [0.15, 0.2) is 0 Å². The van der Waals surface area contributed by atoms with Crippen molar-refractivity contribution >= 4 is 16.1 Å². The minimum absolute atomic E-state index is 0.0941. The van der Waals surface area contributed by atoms with Crippen molar-refractivity contribution < 1.29 is 27.2 Å². The van der Waals surface area contributed by atoms with Crippen molar-refractivity contribution in [2.75, 3.05) is 6.61 Å². The monoisotopic (exact) mass is 460 g/mol. The summed E-state index contributed by atoms with van der Waals surface area (Å²) in [6.45, 7) is 2.35. The summed E-state index contributed by atoms with van der Waals surface area (Å²) in [6.07, 6.45) is 17.6. The quantitative estimate of drug-likeness (QED) is 0.0852. The van der Waals surface area contributed by atoms with E-state index >= 15 is 0 Å². The molecule has 0 aliphatic rings. The molecule has 1 rings (SSSR count). The van der Waals surface area contributed by atoms with Gasteiger partial charge in [0, 0.05) is 12.1 Å². The van der Waals surface area contributed by atoms with E-state index in [1.165, 1.54) is 70.6 Å². The molecule has 0 aliphatic heterocycles. The molecule has 1 aromatic rings. The maximum atomic E-state index is 10.5. The minimum atomic E-state index is -4.24. The third kappa shape index (κ3) is 21.3. The van der Waals surface area contributed by atoms with Crippen LogP contribution in [0.25, 0.3) is 0 Å². The molecule has 180 valence electrons. The van der Waals surface area contributed by atoms with Gasteiger partial charge in [0.25, 0.3) is 0 Å². The van der Waals surface area contributed by atoms with Crippen molar-refractivity contribution in [3.8, 4) is 0 Å². The molecule has 0 amide bonds. The Morgan fingerprint density at radius 1 is 0.839 bits per heavy atom. The normalized spacial score (nSPS) is 11.7. The Morgan fingerprint density at radius 2 is 1.26 bits per heavy atom. The van der Waals surface area contributed by atoms with Gasteiger partial charge in [-0.05, 0) is 11.3 Å². The van der Waals surface area contributed by atoms with Crippen LogP contribution < -0.4 is 0 Å². The van der Waals surface area contributed by atoms with E-state index in [4.69, 9.17) is 9.76 Å². The molecular formula is C22H40N2O6S. The second-order valence-corrected chi connectivity index (χ2v) is 8.63. The molecule has 31 heavy (non-hydrogen) atoms.